The quantitative estimate of drug-likeness (QED) is 0.265. The van der Waals surface area contributed by atoms with Crippen LogP contribution in [0.15, 0.2) is 6.33 Å². The van der Waals surface area contributed by atoms with Crippen LogP contribution in [-0.2, 0) is 13.8 Å². The van der Waals surface area contributed by atoms with E-state index in [9.17, 15) is 14.8 Å². The number of nitrogens with one attached hydrogen (secondary N) is 2. The zero-order chi connectivity index (χ0) is 16.8. The minimum absolute atomic E-state index is 0.369. The van der Waals surface area contributed by atoms with Gasteiger partial charge in [-0.05, 0) is 0 Å². The summed E-state index contributed by atoms with van der Waals surface area (Å²) in [6.07, 6.45) is -3.42. The van der Waals surface area contributed by atoms with Crippen molar-refractivity contribution in [2.24, 2.45) is 0 Å². The number of fused-ring (bicyclic) bond motifs is 1. The molecule has 11 nitrogen and oxygen atoms in total. The molecule has 0 aliphatic carbocycles. The van der Waals surface area contributed by atoms with Gasteiger partial charge in [0.2, 0.25) is 0 Å². The SMILES string of the molecule is O=P(O)(O)OC[C@@H]1O[C@@H](n2cnc3c2NCNC3=S)C(O)C1O. The van der Waals surface area contributed by atoms with Crippen LogP contribution in [0.1, 0.15) is 11.9 Å². The average Bonchev–Trinajstić information content (AvgIpc) is 3.01. The Labute approximate surface area is 135 Å². The Hall–Kier alpha value is -1.11. The van der Waals surface area contributed by atoms with Crippen LogP contribution in [0, 0.1) is 0 Å². The Bertz CT molecular complexity index is 664. The van der Waals surface area contributed by atoms with Crippen molar-refractivity contribution in [1.82, 2.24) is 14.9 Å². The first-order valence-electron chi connectivity index (χ1n) is 6.58. The summed E-state index contributed by atoms with van der Waals surface area (Å²) in [6, 6.07) is 0. The van der Waals surface area contributed by atoms with Gasteiger partial charge in [0, 0.05) is 0 Å². The van der Waals surface area contributed by atoms with Crippen molar-refractivity contribution in [3.63, 3.8) is 0 Å². The first-order valence-corrected chi connectivity index (χ1v) is 8.52. The molecule has 0 bridgehead atoms. The maximum Gasteiger partial charge on any atom is 0.469 e. The van der Waals surface area contributed by atoms with Crippen LogP contribution in [0.2, 0.25) is 0 Å². The second-order valence-electron chi connectivity index (χ2n) is 5.04. The summed E-state index contributed by atoms with van der Waals surface area (Å²) >= 11 is 5.12. The van der Waals surface area contributed by atoms with Crippen molar-refractivity contribution in [3.8, 4) is 0 Å². The number of aliphatic hydroxyl groups excluding tert-OH is 2. The molecule has 0 saturated carbocycles. The third-order valence-corrected chi connectivity index (χ3v) is 4.36. The minimum atomic E-state index is -4.70. The summed E-state index contributed by atoms with van der Waals surface area (Å²) in [5.41, 5.74) is 0.478. The first-order chi connectivity index (χ1) is 10.8. The summed E-state index contributed by atoms with van der Waals surface area (Å²) in [4.78, 5) is 22.0. The minimum Gasteiger partial charge on any atom is -0.387 e. The Kier molecular flexibility index (Phi) is 4.42. The van der Waals surface area contributed by atoms with Gasteiger partial charge >= 0.3 is 7.82 Å². The lowest BCUT2D eigenvalue weighted by Crippen LogP contribution is -2.36. The van der Waals surface area contributed by atoms with Crippen molar-refractivity contribution in [2.45, 2.75) is 24.5 Å². The molecule has 0 amide bonds. The van der Waals surface area contributed by atoms with Gasteiger partial charge in [-0.1, -0.05) is 12.2 Å². The van der Waals surface area contributed by atoms with Gasteiger partial charge in [0.05, 0.1) is 19.6 Å². The highest BCUT2D eigenvalue weighted by Crippen LogP contribution is 2.39. The lowest BCUT2D eigenvalue weighted by atomic mass is 10.1. The number of ether oxygens (including phenoxy) is 1. The van der Waals surface area contributed by atoms with E-state index in [1.807, 2.05) is 0 Å². The molecule has 1 fully saturated rings. The summed E-state index contributed by atoms with van der Waals surface area (Å²) in [5, 5.41) is 26.0. The van der Waals surface area contributed by atoms with Gasteiger partial charge in [0.1, 0.15) is 34.8 Å². The van der Waals surface area contributed by atoms with E-state index in [0.717, 1.165) is 0 Å². The number of hydrogen-bond acceptors (Lipinski definition) is 8. The van der Waals surface area contributed by atoms with E-state index >= 15 is 0 Å². The molecule has 2 aliphatic heterocycles. The van der Waals surface area contributed by atoms with Crippen molar-refractivity contribution in [1.29, 1.82) is 0 Å². The summed E-state index contributed by atoms with van der Waals surface area (Å²) < 4.78 is 22.0. The van der Waals surface area contributed by atoms with Gasteiger partial charge in [0.25, 0.3) is 0 Å². The predicted octanol–water partition coefficient (Wildman–Crippen LogP) is -1.74. The highest BCUT2D eigenvalue weighted by molar-refractivity contribution is 7.80. The van der Waals surface area contributed by atoms with E-state index in [4.69, 9.17) is 26.7 Å². The number of imidazole rings is 1. The molecule has 23 heavy (non-hydrogen) atoms. The third kappa shape index (κ3) is 3.25. The molecular formula is C10H15N4O7PS. The lowest BCUT2D eigenvalue weighted by molar-refractivity contribution is -0.0511. The molecule has 1 aromatic heterocycles. The Morgan fingerprint density at radius 3 is 2.87 bits per heavy atom. The number of aromatic nitrogens is 2. The number of nitrogens with zero attached hydrogens (tertiary/aromatic N) is 2. The number of phosphoric ester groups is 1. The van der Waals surface area contributed by atoms with E-state index in [1.54, 1.807) is 0 Å². The summed E-state index contributed by atoms with van der Waals surface area (Å²) in [5.74, 6) is 0.515. The molecule has 2 aliphatic rings. The van der Waals surface area contributed by atoms with Crippen LogP contribution in [-0.4, -0.2) is 66.1 Å². The molecule has 1 saturated heterocycles. The summed E-state index contributed by atoms with van der Waals surface area (Å²) in [6.45, 7) is -0.197. The van der Waals surface area contributed by atoms with Crippen molar-refractivity contribution in [3.05, 3.63) is 12.0 Å². The molecule has 1 aromatic rings. The molecule has 128 valence electrons. The fourth-order valence-electron chi connectivity index (χ4n) is 2.45. The maximum atomic E-state index is 10.7. The van der Waals surface area contributed by atoms with Gasteiger partial charge in [-0.3, -0.25) is 9.09 Å². The predicted molar refractivity (Wildman–Crippen MR) is 79.5 cm³/mol. The largest absolute Gasteiger partial charge is 0.469 e. The second-order valence-corrected chi connectivity index (χ2v) is 6.69. The zero-order valence-electron chi connectivity index (χ0n) is 11.6. The maximum absolute atomic E-state index is 10.7. The van der Waals surface area contributed by atoms with Gasteiger partial charge in [-0.25, -0.2) is 9.55 Å². The first kappa shape index (κ1) is 16.7. The van der Waals surface area contributed by atoms with Gasteiger partial charge in [-0.15, -0.1) is 0 Å². The molecular weight excluding hydrogens is 351 g/mol. The average molecular weight is 366 g/mol. The van der Waals surface area contributed by atoms with Gasteiger partial charge in [0.15, 0.2) is 6.23 Å². The van der Waals surface area contributed by atoms with Gasteiger partial charge in [-0.2, -0.15) is 0 Å². The van der Waals surface area contributed by atoms with E-state index in [2.05, 4.69) is 20.1 Å². The number of phosphoric acid groups is 1. The standard InChI is InChI=1S/C10H15N4O7PS/c15-6-4(1-20-22(17,18)19)21-10(7(6)16)14-3-13-5-8(14)11-2-12-9(5)23/h3-4,6-7,10-11,15-16H,1-2H2,(H,12,23)(H2,17,18,19)/t4-,6?,7?,10+/m0/s1. The second kappa shape index (κ2) is 6.07. The van der Waals surface area contributed by atoms with E-state index in [1.165, 1.54) is 10.9 Å². The molecule has 0 radical (unpaired) electrons. The summed E-state index contributed by atoms with van der Waals surface area (Å²) in [7, 11) is -4.70. The van der Waals surface area contributed by atoms with Crippen LogP contribution >= 0.6 is 20.0 Å². The van der Waals surface area contributed by atoms with Crippen molar-refractivity contribution < 1.29 is 33.8 Å². The molecule has 2 unspecified atom stereocenters. The Morgan fingerprint density at radius 2 is 2.17 bits per heavy atom. The number of thiocarbonyl (C=S) groups is 1. The molecule has 3 heterocycles. The molecule has 3 rings (SSSR count). The Balaban J connectivity index is 1.79. The fraction of sp³-hybridized carbons (Fsp3) is 0.600. The molecule has 4 atom stereocenters. The monoisotopic (exact) mass is 366 g/mol. The number of anilines is 1. The highest BCUT2D eigenvalue weighted by atomic mass is 32.1. The number of aliphatic hydroxyl groups is 2. The van der Waals surface area contributed by atoms with E-state index < -0.39 is 39.0 Å². The Morgan fingerprint density at radius 1 is 1.43 bits per heavy atom. The molecule has 0 aromatic carbocycles. The molecule has 6 N–H and O–H groups in total. The normalized spacial score (nSPS) is 30.7. The lowest BCUT2D eigenvalue weighted by Gasteiger charge is -2.23. The zero-order valence-corrected chi connectivity index (χ0v) is 13.3. The smallest absolute Gasteiger partial charge is 0.387 e. The molecule has 0 spiro atoms. The van der Waals surface area contributed by atoms with Crippen LogP contribution in [0.5, 0.6) is 0 Å². The van der Waals surface area contributed by atoms with Crippen LogP contribution in [0.3, 0.4) is 0 Å². The van der Waals surface area contributed by atoms with Gasteiger partial charge < -0.3 is 35.4 Å². The topological polar surface area (TPSA) is 158 Å². The third-order valence-electron chi connectivity index (χ3n) is 3.53. The number of rotatable bonds is 4. The van der Waals surface area contributed by atoms with Crippen LogP contribution in [0.4, 0.5) is 5.82 Å². The molecule has 13 heteroatoms. The van der Waals surface area contributed by atoms with Crippen LogP contribution in [0.25, 0.3) is 0 Å². The number of hydrogen-bond donors (Lipinski definition) is 6. The van der Waals surface area contributed by atoms with Crippen molar-refractivity contribution in [2.75, 3.05) is 18.6 Å². The van der Waals surface area contributed by atoms with Crippen molar-refractivity contribution >= 4 is 30.8 Å². The fourth-order valence-corrected chi connectivity index (χ4v) is 3.02. The van der Waals surface area contributed by atoms with E-state index in [0.29, 0.717) is 23.2 Å². The highest BCUT2D eigenvalue weighted by Gasteiger charge is 2.45. The van der Waals surface area contributed by atoms with E-state index in [-0.39, 0.29) is 0 Å². The van der Waals surface area contributed by atoms with Crippen LogP contribution < -0.4 is 10.6 Å².